The maximum atomic E-state index is 11.4. The molecule has 1 aliphatic rings. The maximum absolute atomic E-state index is 11.4. The van der Waals surface area contributed by atoms with Gasteiger partial charge in [-0.2, -0.15) is 0 Å². The summed E-state index contributed by atoms with van der Waals surface area (Å²) < 4.78 is 0. The molecule has 0 saturated carbocycles. The molecule has 0 fully saturated rings. The molecule has 0 atom stereocenters. The molecule has 2 N–H and O–H groups in total. The first kappa shape index (κ1) is 13.9. The highest BCUT2D eigenvalue weighted by atomic mass is 32.1. The van der Waals surface area contributed by atoms with Gasteiger partial charge in [0.15, 0.2) is 0 Å². The second-order valence-corrected chi connectivity index (χ2v) is 6.36. The third kappa shape index (κ3) is 2.93. The van der Waals surface area contributed by atoms with Gasteiger partial charge in [0.1, 0.15) is 0 Å². The average Bonchev–Trinajstić information content (AvgIpc) is 3.21. The summed E-state index contributed by atoms with van der Waals surface area (Å²) in [5.74, 6) is 0.651. The SMILES string of the molecule is O=C1Cc2ccc(-c3cnc(NCc4cccs4)nc3)cc2N1. The normalized spacial score (nSPS) is 12.8. The number of nitrogens with one attached hydrogen (secondary N) is 2. The minimum absolute atomic E-state index is 0.0431. The molecule has 0 saturated heterocycles. The van der Waals surface area contributed by atoms with Gasteiger partial charge < -0.3 is 10.6 Å². The monoisotopic (exact) mass is 322 g/mol. The Balaban J connectivity index is 1.50. The molecule has 1 amide bonds. The molecular formula is C17H14N4OS. The van der Waals surface area contributed by atoms with E-state index in [1.54, 1.807) is 23.7 Å². The smallest absolute Gasteiger partial charge is 0.228 e. The Hall–Kier alpha value is -2.73. The third-order valence-corrected chi connectivity index (χ3v) is 4.60. The van der Waals surface area contributed by atoms with Gasteiger partial charge in [-0.25, -0.2) is 9.97 Å². The summed E-state index contributed by atoms with van der Waals surface area (Å²) in [6.45, 7) is 0.724. The average molecular weight is 322 g/mol. The number of amides is 1. The van der Waals surface area contributed by atoms with Crippen LogP contribution in [0.1, 0.15) is 10.4 Å². The van der Waals surface area contributed by atoms with E-state index in [4.69, 9.17) is 0 Å². The standard InChI is InChI=1S/C17H14N4OS/c22-16-7-12-4-3-11(6-15(12)21-16)13-8-18-17(19-9-13)20-10-14-2-1-5-23-14/h1-6,8-9H,7,10H2,(H,21,22)(H,18,19,20). The Bertz CT molecular complexity index is 844. The van der Waals surface area contributed by atoms with Crippen LogP contribution in [0.25, 0.3) is 11.1 Å². The second kappa shape index (κ2) is 5.81. The molecule has 0 spiro atoms. The number of carbonyl (C=O) groups excluding carboxylic acids is 1. The molecule has 1 aromatic carbocycles. The summed E-state index contributed by atoms with van der Waals surface area (Å²) in [5, 5.41) is 8.12. The van der Waals surface area contributed by atoms with Gasteiger partial charge >= 0.3 is 0 Å². The lowest BCUT2D eigenvalue weighted by molar-refractivity contribution is -0.115. The highest BCUT2D eigenvalue weighted by Gasteiger charge is 2.17. The number of hydrogen-bond acceptors (Lipinski definition) is 5. The van der Waals surface area contributed by atoms with Crippen LogP contribution < -0.4 is 10.6 Å². The van der Waals surface area contributed by atoms with Gasteiger partial charge in [0.05, 0.1) is 13.0 Å². The summed E-state index contributed by atoms with van der Waals surface area (Å²) >= 11 is 1.70. The quantitative estimate of drug-likeness (QED) is 0.773. The van der Waals surface area contributed by atoms with Crippen LogP contribution in [0.5, 0.6) is 0 Å². The van der Waals surface area contributed by atoms with E-state index in [1.807, 2.05) is 29.6 Å². The van der Waals surface area contributed by atoms with Gasteiger partial charge in [-0.1, -0.05) is 18.2 Å². The highest BCUT2D eigenvalue weighted by Crippen LogP contribution is 2.29. The molecule has 2 aromatic heterocycles. The van der Waals surface area contributed by atoms with E-state index in [0.29, 0.717) is 12.4 Å². The number of thiophene rings is 1. The van der Waals surface area contributed by atoms with Gasteiger partial charge in [-0.15, -0.1) is 11.3 Å². The van der Waals surface area contributed by atoms with Gasteiger partial charge in [-0.3, -0.25) is 4.79 Å². The molecule has 5 nitrogen and oxygen atoms in total. The molecule has 4 rings (SSSR count). The van der Waals surface area contributed by atoms with Crippen molar-refractivity contribution in [1.82, 2.24) is 9.97 Å². The number of fused-ring (bicyclic) bond motifs is 1. The van der Waals surface area contributed by atoms with Crippen LogP contribution in [-0.4, -0.2) is 15.9 Å². The van der Waals surface area contributed by atoms with Gasteiger partial charge in [0.2, 0.25) is 11.9 Å². The van der Waals surface area contributed by atoms with Gasteiger partial charge in [-0.05, 0) is 28.6 Å². The highest BCUT2D eigenvalue weighted by molar-refractivity contribution is 7.09. The van der Waals surface area contributed by atoms with Crippen molar-refractivity contribution in [2.45, 2.75) is 13.0 Å². The van der Waals surface area contributed by atoms with Crippen molar-refractivity contribution >= 4 is 28.9 Å². The molecule has 3 aromatic rings. The Morgan fingerprint density at radius 2 is 2.04 bits per heavy atom. The number of anilines is 2. The zero-order valence-corrected chi connectivity index (χ0v) is 13.1. The zero-order chi connectivity index (χ0) is 15.6. The molecule has 1 aliphatic heterocycles. The second-order valence-electron chi connectivity index (χ2n) is 5.33. The largest absolute Gasteiger partial charge is 0.349 e. The van der Waals surface area contributed by atoms with E-state index in [0.717, 1.165) is 28.9 Å². The third-order valence-electron chi connectivity index (χ3n) is 3.72. The minimum atomic E-state index is 0.0431. The van der Waals surface area contributed by atoms with Crippen LogP contribution in [0.4, 0.5) is 11.6 Å². The van der Waals surface area contributed by atoms with Crippen LogP contribution in [0.15, 0.2) is 48.1 Å². The van der Waals surface area contributed by atoms with Crippen molar-refractivity contribution in [3.63, 3.8) is 0 Å². The van der Waals surface area contributed by atoms with Gasteiger partial charge in [0, 0.05) is 28.5 Å². The number of nitrogens with zero attached hydrogens (tertiary/aromatic N) is 2. The fourth-order valence-electron chi connectivity index (χ4n) is 2.54. The van der Waals surface area contributed by atoms with E-state index < -0.39 is 0 Å². The number of hydrogen-bond donors (Lipinski definition) is 2. The van der Waals surface area contributed by atoms with Crippen molar-refractivity contribution < 1.29 is 4.79 Å². The molecule has 6 heteroatoms. The predicted octanol–water partition coefficient (Wildman–Crippen LogP) is 3.31. The summed E-state index contributed by atoms with van der Waals surface area (Å²) in [6.07, 6.45) is 4.04. The van der Waals surface area contributed by atoms with Crippen LogP contribution >= 0.6 is 11.3 Å². The fourth-order valence-corrected chi connectivity index (χ4v) is 3.19. The molecular weight excluding hydrogens is 308 g/mol. The Labute approximate surface area is 137 Å². The van der Waals surface area contributed by atoms with Gasteiger partial charge in [0.25, 0.3) is 0 Å². The van der Waals surface area contributed by atoms with E-state index in [-0.39, 0.29) is 5.91 Å². The van der Waals surface area contributed by atoms with Crippen LogP contribution in [-0.2, 0) is 17.8 Å². The lowest BCUT2D eigenvalue weighted by atomic mass is 10.1. The lowest BCUT2D eigenvalue weighted by Crippen LogP contribution is -2.03. The van der Waals surface area contributed by atoms with E-state index in [1.165, 1.54) is 4.88 Å². The molecule has 23 heavy (non-hydrogen) atoms. The first-order valence-electron chi connectivity index (χ1n) is 7.29. The van der Waals surface area contributed by atoms with Crippen molar-refractivity contribution in [2.24, 2.45) is 0 Å². The van der Waals surface area contributed by atoms with E-state index >= 15 is 0 Å². The molecule has 0 aliphatic carbocycles. The van der Waals surface area contributed by atoms with Crippen molar-refractivity contribution in [3.8, 4) is 11.1 Å². The molecule has 0 bridgehead atoms. The first-order chi connectivity index (χ1) is 11.3. The van der Waals surface area contributed by atoms with Crippen LogP contribution in [0.3, 0.4) is 0 Å². The Kier molecular flexibility index (Phi) is 3.51. The van der Waals surface area contributed by atoms with E-state index in [2.05, 4.69) is 26.7 Å². The minimum Gasteiger partial charge on any atom is -0.349 e. The summed E-state index contributed by atoms with van der Waals surface area (Å²) in [6, 6.07) is 10.0. The Morgan fingerprint density at radius 3 is 2.83 bits per heavy atom. The number of rotatable bonds is 4. The molecule has 3 heterocycles. The van der Waals surface area contributed by atoms with Crippen molar-refractivity contribution in [1.29, 1.82) is 0 Å². The summed E-state index contributed by atoms with van der Waals surface area (Å²) in [5.41, 5.74) is 3.84. The summed E-state index contributed by atoms with van der Waals surface area (Å²) in [4.78, 5) is 21.4. The number of carbonyl (C=O) groups is 1. The van der Waals surface area contributed by atoms with Crippen molar-refractivity contribution in [3.05, 3.63) is 58.5 Å². The topological polar surface area (TPSA) is 66.9 Å². The first-order valence-corrected chi connectivity index (χ1v) is 8.17. The maximum Gasteiger partial charge on any atom is 0.228 e. The zero-order valence-electron chi connectivity index (χ0n) is 12.2. The van der Waals surface area contributed by atoms with E-state index in [9.17, 15) is 4.79 Å². The van der Waals surface area contributed by atoms with Crippen LogP contribution in [0, 0.1) is 0 Å². The Morgan fingerprint density at radius 1 is 1.17 bits per heavy atom. The number of benzene rings is 1. The molecule has 114 valence electrons. The van der Waals surface area contributed by atoms with Crippen molar-refractivity contribution in [2.75, 3.05) is 10.6 Å². The summed E-state index contributed by atoms with van der Waals surface area (Å²) in [7, 11) is 0. The molecule has 0 radical (unpaired) electrons. The van der Waals surface area contributed by atoms with Crippen LogP contribution in [0.2, 0.25) is 0 Å². The fraction of sp³-hybridized carbons (Fsp3) is 0.118. The predicted molar refractivity (Wildman–Crippen MR) is 91.4 cm³/mol. The molecule has 0 unspecified atom stereocenters. The lowest BCUT2D eigenvalue weighted by Gasteiger charge is -2.06. The number of aromatic nitrogens is 2.